The van der Waals surface area contributed by atoms with E-state index in [0.29, 0.717) is 5.92 Å². The van der Waals surface area contributed by atoms with Gasteiger partial charge in [0.1, 0.15) is 11.5 Å². The normalized spacial score (nSPS) is 12.9. The highest BCUT2D eigenvalue weighted by Gasteiger charge is 2.20. The fourth-order valence-electron chi connectivity index (χ4n) is 2.64. The Morgan fingerprint density at radius 1 is 1.00 bits per heavy atom. The lowest BCUT2D eigenvalue weighted by Crippen LogP contribution is -1.98. The average Bonchev–Trinajstić information content (AvgIpc) is 2.63. The second kappa shape index (κ2) is 6.17. The summed E-state index contributed by atoms with van der Waals surface area (Å²) in [6.07, 6.45) is 1.14. The Bertz CT molecular complexity index is 578. The van der Waals surface area contributed by atoms with E-state index in [9.17, 15) is 0 Å². The molecule has 0 aliphatic carbocycles. The van der Waals surface area contributed by atoms with Crippen LogP contribution in [0, 0.1) is 26.7 Å². The van der Waals surface area contributed by atoms with Crippen LogP contribution in [0.25, 0.3) is 0 Å². The zero-order chi connectivity index (χ0) is 14.9. The van der Waals surface area contributed by atoms with E-state index < -0.39 is 0 Å². The highest BCUT2D eigenvalue weighted by atomic mass is 79.9. The predicted octanol–water partition coefficient (Wildman–Crippen LogP) is 5.89. The van der Waals surface area contributed by atoms with Gasteiger partial charge in [-0.1, -0.05) is 54.0 Å². The third-order valence-electron chi connectivity index (χ3n) is 3.79. The molecule has 1 atom stereocenters. The summed E-state index contributed by atoms with van der Waals surface area (Å²) in [6, 6.07) is 8.92. The van der Waals surface area contributed by atoms with Crippen LogP contribution in [0.5, 0.6) is 0 Å². The first-order valence-electron chi connectivity index (χ1n) is 7.19. The number of hydrogen-bond acceptors (Lipinski definition) is 1. The third kappa shape index (κ3) is 3.17. The Balaban J connectivity index is 2.27. The molecule has 0 saturated heterocycles. The topological polar surface area (TPSA) is 13.1 Å². The molecule has 1 unspecified atom stereocenters. The smallest absolute Gasteiger partial charge is 0.106 e. The van der Waals surface area contributed by atoms with Gasteiger partial charge >= 0.3 is 0 Å². The molecule has 20 heavy (non-hydrogen) atoms. The van der Waals surface area contributed by atoms with Crippen molar-refractivity contribution in [2.75, 3.05) is 0 Å². The number of halogens is 1. The Hall–Kier alpha value is -1.02. The van der Waals surface area contributed by atoms with Crippen LogP contribution in [0.1, 0.15) is 52.4 Å². The van der Waals surface area contributed by atoms with Gasteiger partial charge in [0.15, 0.2) is 0 Å². The number of hydrogen-bond donors (Lipinski definition) is 0. The summed E-state index contributed by atoms with van der Waals surface area (Å²) in [5.74, 6) is 2.72. The highest BCUT2D eigenvalue weighted by molar-refractivity contribution is 9.09. The van der Waals surface area contributed by atoms with Gasteiger partial charge < -0.3 is 4.42 Å². The minimum atomic E-state index is 0.202. The molecule has 0 bridgehead atoms. The molecule has 0 saturated carbocycles. The van der Waals surface area contributed by atoms with Crippen molar-refractivity contribution in [3.8, 4) is 0 Å². The van der Waals surface area contributed by atoms with Gasteiger partial charge in [0.25, 0.3) is 0 Å². The quantitative estimate of drug-likeness (QED) is 0.635. The molecule has 0 fully saturated rings. The maximum Gasteiger partial charge on any atom is 0.106 e. The van der Waals surface area contributed by atoms with E-state index in [4.69, 9.17) is 4.42 Å². The molecular formula is C18H23BrO. The van der Waals surface area contributed by atoms with E-state index in [1.54, 1.807) is 0 Å². The fourth-order valence-corrected chi connectivity index (χ4v) is 3.62. The van der Waals surface area contributed by atoms with E-state index in [2.05, 4.69) is 61.0 Å². The first-order valence-corrected chi connectivity index (χ1v) is 8.11. The highest BCUT2D eigenvalue weighted by Crippen LogP contribution is 2.37. The van der Waals surface area contributed by atoms with Crippen molar-refractivity contribution in [2.45, 2.75) is 45.9 Å². The number of alkyl halides is 1. The van der Waals surface area contributed by atoms with Crippen molar-refractivity contribution < 1.29 is 4.42 Å². The van der Waals surface area contributed by atoms with Crippen LogP contribution < -0.4 is 0 Å². The molecular weight excluding hydrogens is 312 g/mol. The maximum absolute atomic E-state index is 5.73. The molecule has 2 rings (SSSR count). The van der Waals surface area contributed by atoms with Crippen LogP contribution in [0.3, 0.4) is 0 Å². The van der Waals surface area contributed by atoms with Crippen molar-refractivity contribution in [3.05, 3.63) is 58.0 Å². The molecule has 0 N–H and O–H groups in total. The largest absolute Gasteiger partial charge is 0.466 e. The van der Waals surface area contributed by atoms with Gasteiger partial charge in [-0.15, -0.1) is 0 Å². The number of aryl methyl sites for hydroxylation is 2. The first kappa shape index (κ1) is 15.4. The molecule has 0 spiro atoms. The van der Waals surface area contributed by atoms with E-state index in [-0.39, 0.29) is 4.83 Å². The summed E-state index contributed by atoms with van der Waals surface area (Å²) in [5, 5.41) is 0. The second-order valence-corrected chi connectivity index (χ2v) is 6.87. The molecule has 1 nitrogen and oxygen atoms in total. The zero-order valence-corrected chi connectivity index (χ0v) is 14.5. The summed E-state index contributed by atoms with van der Waals surface area (Å²) in [4.78, 5) is 0.202. The van der Waals surface area contributed by atoms with Crippen LogP contribution in [0.15, 0.2) is 28.7 Å². The standard InChI is InChI=1S/C18H23BrO/c1-11(2)10-15-6-8-16(9-7-15)18(19)17-12(3)13(4)20-14(17)5/h6-9,11,18H,10H2,1-5H3. The van der Waals surface area contributed by atoms with E-state index in [0.717, 1.165) is 17.9 Å². The summed E-state index contributed by atoms with van der Waals surface area (Å²) < 4.78 is 5.73. The minimum absolute atomic E-state index is 0.202. The number of benzene rings is 1. The monoisotopic (exact) mass is 334 g/mol. The van der Waals surface area contributed by atoms with Crippen molar-refractivity contribution in [3.63, 3.8) is 0 Å². The fraction of sp³-hybridized carbons (Fsp3) is 0.444. The molecule has 0 radical (unpaired) electrons. The second-order valence-electron chi connectivity index (χ2n) is 5.96. The summed E-state index contributed by atoms with van der Waals surface area (Å²) >= 11 is 3.82. The average molecular weight is 335 g/mol. The molecule has 2 aromatic rings. The Morgan fingerprint density at radius 2 is 1.60 bits per heavy atom. The Morgan fingerprint density at radius 3 is 2.05 bits per heavy atom. The summed E-state index contributed by atoms with van der Waals surface area (Å²) in [5.41, 5.74) is 5.19. The van der Waals surface area contributed by atoms with E-state index >= 15 is 0 Å². The molecule has 2 heteroatoms. The van der Waals surface area contributed by atoms with Gasteiger partial charge in [0.2, 0.25) is 0 Å². The van der Waals surface area contributed by atoms with Crippen LogP contribution in [0.2, 0.25) is 0 Å². The molecule has 1 aromatic carbocycles. The van der Waals surface area contributed by atoms with E-state index in [1.807, 2.05) is 13.8 Å². The Labute approximate surface area is 130 Å². The molecule has 1 aromatic heterocycles. The molecule has 0 aliphatic rings. The van der Waals surface area contributed by atoms with Gasteiger partial charge in [-0.3, -0.25) is 0 Å². The molecule has 1 heterocycles. The Kier molecular flexibility index (Phi) is 4.74. The van der Waals surface area contributed by atoms with Crippen LogP contribution >= 0.6 is 15.9 Å². The van der Waals surface area contributed by atoms with Crippen molar-refractivity contribution in [2.24, 2.45) is 5.92 Å². The lowest BCUT2D eigenvalue weighted by molar-refractivity contribution is 0.500. The van der Waals surface area contributed by atoms with Gasteiger partial charge in [0.05, 0.1) is 4.83 Å². The minimum Gasteiger partial charge on any atom is -0.466 e. The van der Waals surface area contributed by atoms with Crippen LogP contribution in [0.4, 0.5) is 0 Å². The SMILES string of the molecule is Cc1oc(C)c(C(Br)c2ccc(CC(C)C)cc2)c1C. The zero-order valence-electron chi connectivity index (χ0n) is 13.0. The lowest BCUT2D eigenvalue weighted by atomic mass is 9.97. The maximum atomic E-state index is 5.73. The van der Waals surface area contributed by atoms with Gasteiger partial charge in [-0.05, 0) is 49.8 Å². The van der Waals surface area contributed by atoms with Gasteiger partial charge in [-0.25, -0.2) is 0 Å². The first-order chi connectivity index (χ1) is 9.40. The van der Waals surface area contributed by atoms with Crippen molar-refractivity contribution >= 4 is 15.9 Å². The number of furan rings is 1. The van der Waals surface area contributed by atoms with Gasteiger partial charge in [-0.2, -0.15) is 0 Å². The van der Waals surface area contributed by atoms with Crippen LogP contribution in [-0.2, 0) is 6.42 Å². The van der Waals surface area contributed by atoms with E-state index in [1.165, 1.54) is 22.3 Å². The third-order valence-corrected chi connectivity index (χ3v) is 4.77. The van der Waals surface area contributed by atoms with Crippen molar-refractivity contribution in [1.29, 1.82) is 0 Å². The van der Waals surface area contributed by atoms with Gasteiger partial charge in [0, 0.05) is 5.56 Å². The molecule has 0 aliphatic heterocycles. The predicted molar refractivity (Wildman–Crippen MR) is 88.7 cm³/mol. The molecule has 108 valence electrons. The van der Waals surface area contributed by atoms with Crippen molar-refractivity contribution in [1.82, 2.24) is 0 Å². The summed E-state index contributed by atoms with van der Waals surface area (Å²) in [6.45, 7) is 10.7. The summed E-state index contributed by atoms with van der Waals surface area (Å²) in [7, 11) is 0. The van der Waals surface area contributed by atoms with Crippen LogP contribution in [-0.4, -0.2) is 0 Å². The molecule has 0 amide bonds. The lowest BCUT2D eigenvalue weighted by Gasteiger charge is -2.12. The number of rotatable bonds is 4.